The Bertz CT molecular complexity index is 3710. The molecule has 3 aliphatic heterocycles. The molecule has 1 aliphatic carbocycles. The van der Waals surface area contributed by atoms with Crippen molar-refractivity contribution in [3.63, 3.8) is 0 Å². The number of β-amino-alcohol motifs (C(OH)–C–C–N with tert-alkyl or cyclic N) is 1. The molecule has 4 aromatic carbocycles. The van der Waals surface area contributed by atoms with E-state index < -0.39 is 30.1 Å². The number of likely N-dealkylation sites (tertiary alicyclic amines) is 1. The highest BCUT2D eigenvalue weighted by Gasteiger charge is 2.44. The van der Waals surface area contributed by atoms with Crippen LogP contribution < -0.4 is 25.0 Å². The minimum absolute atomic E-state index is 0.0310. The summed E-state index contributed by atoms with van der Waals surface area (Å²) in [4.78, 5) is 51.1. The number of rotatable bonds is 19. The van der Waals surface area contributed by atoms with Crippen LogP contribution >= 0.6 is 22.9 Å². The number of benzene rings is 4. The fraction of sp³-hybridized carbons (Fsp3) is 0.417. The topological polar surface area (TPSA) is 233 Å². The molecule has 12 rings (SSSR count). The fourth-order valence-corrected chi connectivity index (χ4v) is 12.5. The lowest BCUT2D eigenvalue weighted by Gasteiger charge is -2.30. The summed E-state index contributed by atoms with van der Waals surface area (Å²) < 4.78 is 38.4. The SMILES string of the molecule is CO[C@@H](C)COc1nc(N2C[C@@H]3C[C@H]2CN3)c2cc(C3CC3)c(-c3c(C)c(F)cc4nn(I)cc34)c(OCc3ccc(-c4cn([C@H](C(=O)N5C[C@H](O)C[C@H]5C(=O)N[C@@H](CO)c5ccc(-c6cncnc6C)cc5)C(C)C)nn4)cc3)c2n1. The molecule has 82 heavy (non-hydrogen) atoms. The molecule has 7 atom stereocenters. The number of carbonyl (C=O) groups excluding carboxylic acids is 2. The van der Waals surface area contributed by atoms with Gasteiger partial charge in [0.1, 0.15) is 54.5 Å². The van der Waals surface area contributed by atoms with Crippen molar-refractivity contribution in [1.82, 2.24) is 58.5 Å². The Balaban J connectivity index is 0.826. The van der Waals surface area contributed by atoms with Crippen molar-refractivity contribution in [1.29, 1.82) is 0 Å². The second-order valence-electron chi connectivity index (χ2n) is 22.5. The van der Waals surface area contributed by atoms with E-state index in [4.69, 9.17) is 24.2 Å². The van der Waals surface area contributed by atoms with Crippen LogP contribution in [0, 0.1) is 25.6 Å². The number of piperazine rings is 1. The average Bonchev–Trinajstić information content (AvgIpc) is 4.12. The summed E-state index contributed by atoms with van der Waals surface area (Å²) in [5, 5.41) is 43.2. The zero-order chi connectivity index (χ0) is 57.1. The fourth-order valence-electron chi connectivity index (χ4n) is 12.0. The lowest BCUT2D eigenvalue weighted by molar-refractivity contribution is -0.142. The van der Waals surface area contributed by atoms with Crippen molar-refractivity contribution in [2.24, 2.45) is 5.92 Å². The number of hydrogen-bond acceptors (Lipinski definition) is 16. The van der Waals surface area contributed by atoms with Gasteiger partial charge in [-0.25, -0.2) is 21.9 Å². The van der Waals surface area contributed by atoms with Gasteiger partial charge in [-0.1, -0.05) is 67.6 Å². The average molecular weight is 1230 g/mol. The molecule has 3 saturated heterocycles. The highest BCUT2D eigenvalue weighted by molar-refractivity contribution is 14.1. The number of methoxy groups -OCH3 is 1. The number of nitrogens with one attached hydrogen (secondary N) is 2. The van der Waals surface area contributed by atoms with Crippen molar-refractivity contribution in [3.05, 3.63) is 119 Å². The van der Waals surface area contributed by atoms with Crippen LogP contribution in [0.2, 0.25) is 0 Å². The van der Waals surface area contributed by atoms with E-state index in [1.165, 1.54) is 22.0 Å². The molecular formula is C60H65FIN13O7. The first-order valence-corrected chi connectivity index (χ1v) is 28.9. The highest BCUT2D eigenvalue weighted by Crippen LogP contribution is 2.54. The first kappa shape index (κ1) is 55.3. The van der Waals surface area contributed by atoms with Gasteiger partial charge in [0, 0.05) is 102 Å². The number of ether oxygens (including phenoxy) is 3. The molecular weight excluding hydrogens is 1160 g/mol. The molecule has 426 valence electrons. The molecule has 0 unspecified atom stereocenters. The van der Waals surface area contributed by atoms with Crippen LogP contribution in [-0.4, -0.2) is 140 Å². The Morgan fingerprint density at radius 1 is 0.951 bits per heavy atom. The van der Waals surface area contributed by atoms with E-state index in [0.29, 0.717) is 45.2 Å². The van der Waals surface area contributed by atoms with Crippen LogP contribution in [0.4, 0.5) is 10.2 Å². The van der Waals surface area contributed by atoms with Crippen LogP contribution in [0.5, 0.6) is 11.8 Å². The molecule has 2 bridgehead atoms. The third-order valence-electron chi connectivity index (χ3n) is 16.6. The quantitative estimate of drug-likeness (QED) is 0.0567. The molecule has 4 N–H and O–H groups in total. The van der Waals surface area contributed by atoms with Gasteiger partial charge >= 0.3 is 6.01 Å². The van der Waals surface area contributed by atoms with Crippen LogP contribution in [0.1, 0.15) is 92.4 Å². The minimum atomic E-state index is -0.995. The second kappa shape index (κ2) is 22.8. The lowest BCUT2D eigenvalue weighted by atomic mass is 9.88. The van der Waals surface area contributed by atoms with E-state index >= 15 is 4.39 Å². The van der Waals surface area contributed by atoms with Gasteiger partial charge in [-0.05, 0) is 85.8 Å². The molecule has 4 aromatic heterocycles. The summed E-state index contributed by atoms with van der Waals surface area (Å²) in [7, 11) is 1.64. The summed E-state index contributed by atoms with van der Waals surface area (Å²) in [6.07, 6.45) is 8.69. The molecule has 1 saturated carbocycles. The number of amides is 2. The maximum atomic E-state index is 16.2. The third kappa shape index (κ3) is 10.7. The van der Waals surface area contributed by atoms with Gasteiger partial charge < -0.3 is 44.9 Å². The maximum absolute atomic E-state index is 16.2. The van der Waals surface area contributed by atoms with Crippen LogP contribution in [0.15, 0.2) is 85.6 Å². The van der Waals surface area contributed by atoms with E-state index in [9.17, 15) is 19.8 Å². The summed E-state index contributed by atoms with van der Waals surface area (Å²) in [6.45, 7) is 11.0. The number of carbonyl (C=O) groups is 2. The Labute approximate surface area is 487 Å². The van der Waals surface area contributed by atoms with E-state index in [1.54, 1.807) is 29.3 Å². The van der Waals surface area contributed by atoms with E-state index in [1.807, 2.05) is 82.4 Å². The Morgan fingerprint density at radius 3 is 2.43 bits per heavy atom. The lowest BCUT2D eigenvalue weighted by Crippen LogP contribution is -2.50. The molecule has 20 nitrogen and oxygen atoms in total. The van der Waals surface area contributed by atoms with Gasteiger partial charge in [0.05, 0.1) is 59.4 Å². The normalized spacial score (nSPS) is 19.8. The van der Waals surface area contributed by atoms with Gasteiger partial charge in [0.15, 0.2) is 5.75 Å². The molecule has 0 spiro atoms. The smallest absolute Gasteiger partial charge is 0.319 e. The number of aliphatic hydroxyl groups is 2. The maximum Gasteiger partial charge on any atom is 0.319 e. The molecule has 8 aromatic rings. The number of fused-ring (bicyclic) bond motifs is 4. The number of nitrogens with zero attached hydrogens (tertiary/aromatic N) is 11. The van der Waals surface area contributed by atoms with E-state index in [-0.39, 0.29) is 74.5 Å². The molecule has 2 amide bonds. The predicted octanol–water partition coefficient (Wildman–Crippen LogP) is 7.75. The highest BCUT2D eigenvalue weighted by atomic mass is 127. The number of aryl methyl sites for hydroxylation is 1. The molecule has 22 heteroatoms. The van der Waals surface area contributed by atoms with Crippen LogP contribution in [0.25, 0.3) is 55.3 Å². The van der Waals surface area contributed by atoms with E-state index in [0.717, 1.165) is 88.0 Å². The molecule has 0 radical (unpaired) electrons. The van der Waals surface area contributed by atoms with Crippen molar-refractivity contribution >= 4 is 62.3 Å². The zero-order valence-electron chi connectivity index (χ0n) is 46.5. The van der Waals surface area contributed by atoms with Crippen molar-refractivity contribution in [3.8, 4) is 45.3 Å². The largest absolute Gasteiger partial charge is 0.486 e. The second-order valence-corrected chi connectivity index (χ2v) is 23.5. The predicted molar refractivity (Wildman–Crippen MR) is 314 cm³/mol. The van der Waals surface area contributed by atoms with Gasteiger partial charge in [-0.3, -0.25) is 9.59 Å². The van der Waals surface area contributed by atoms with Crippen molar-refractivity contribution < 1.29 is 38.4 Å². The number of aliphatic hydroxyl groups excluding tert-OH is 2. The molecule has 4 aliphatic rings. The zero-order valence-corrected chi connectivity index (χ0v) is 48.6. The number of anilines is 1. The number of aromatic nitrogens is 9. The van der Waals surface area contributed by atoms with Crippen LogP contribution in [-0.2, 0) is 20.9 Å². The third-order valence-corrected chi connectivity index (χ3v) is 17.1. The van der Waals surface area contributed by atoms with Gasteiger partial charge in [-0.15, -0.1) is 5.10 Å². The minimum Gasteiger partial charge on any atom is -0.486 e. The van der Waals surface area contributed by atoms with Crippen LogP contribution in [0.3, 0.4) is 0 Å². The van der Waals surface area contributed by atoms with E-state index in [2.05, 4.69) is 69.8 Å². The van der Waals surface area contributed by atoms with Gasteiger partial charge in [0.25, 0.3) is 0 Å². The Hall–Kier alpha value is -7.25. The monoisotopic (exact) mass is 1230 g/mol. The van der Waals surface area contributed by atoms with Crippen molar-refractivity contribution in [2.45, 2.75) is 115 Å². The standard InChI is InChI=1S/C60H65FIN13O7/c1-31(2)55(59(79)73-24-42(77)18-51(73)58(78)66-50(27-76)39-15-13-37(14-16-39)45-22-63-30-65-34(45)5)74-26-49(69-71-74)38-9-7-35(8-10-38)29-81-56-53(52-33(4)47(61)20-48-46(52)25-75(62)70-48)43(36-11-12-36)19-44-54(56)67-60(82-28-32(3)80-6)68-57(44)72-23-40-17-41(72)21-64-40/h7-10,13-16,19-20,22,25-26,30-32,36,40-42,50-51,55,64,76-77H,11-12,17-18,21,23-24,27-29H2,1-6H3,(H,66,78)/t32-,40-,41-,42+,50-,51-,55-/m0/s1. The van der Waals surface area contributed by atoms with Gasteiger partial charge in [-0.2, -0.15) is 15.1 Å². The summed E-state index contributed by atoms with van der Waals surface area (Å²) in [5.41, 5.74) is 9.44. The summed E-state index contributed by atoms with van der Waals surface area (Å²) in [6, 6.07) is 17.0. The molecule has 4 fully saturated rings. The summed E-state index contributed by atoms with van der Waals surface area (Å²) >= 11 is 2.10. The van der Waals surface area contributed by atoms with Gasteiger partial charge in [0.2, 0.25) is 11.8 Å². The number of hydrogen-bond donors (Lipinski definition) is 4. The first-order chi connectivity index (χ1) is 39.6. The summed E-state index contributed by atoms with van der Waals surface area (Å²) in [5.74, 6) is -0.0400. The first-order valence-electron chi connectivity index (χ1n) is 27.9. The van der Waals surface area contributed by atoms with Crippen molar-refractivity contribution in [2.75, 3.05) is 44.9 Å². The Kier molecular flexibility index (Phi) is 15.4. The number of halogens is 2. The Morgan fingerprint density at radius 2 is 1.73 bits per heavy atom. The molecule has 7 heterocycles.